The molecule has 5 rings (SSSR count). The van der Waals surface area contributed by atoms with E-state index >= 15 is 0 Å². The van der Waals surface area contributed by atoms with Gasteiger partial charge in [0.1, 0.15) is 22.0 Å². The number of hydrogen-bond acceptors (Lipinski definition) is 24. The summed E-state index contributed by atoms with van der Waals surface area (Å²) in [7, 11) is -27.9. The molecule has 8 N–H and O–H groups in total. The van der Waals surface area contributed by atoms with E-state index in [1.165, 1.54) is 38.1 Å². The molecule has 0 atom stereocenters. The summed E-state index contributed by atoms with van der Waals surface area (Å²) in [5.74, 6) is -4.49. The van der Waals surface area contributed by atoms with Gasteiger partial charge in [0.15, 0.2) is 19.7 Å². The number of sulfone groups is 2. The normalized spacial score (nSPS) is 12.8. The van der Waals surface area contributed by atoms with Crippen LogP contribution in [0.1, 0.15) is 18.1 Å². The third kappa shape index (κ3) is 15.2. The predicted molar refractivity (Wildman–Crippen MR) is 240 cm³/mol. The molecule has 0 radical (unpaired) electrons. The molecule has 2 heterocycles. The molecule has 0 saturated carbocycles. The quantitative estimate of drug-likeness (QED) is 0.0364. The predicted octanol–water partition coefficient (Wildman–Crippen LogP) is 2.53. The number of benzene rings is 3. The van der Waals surface area contributed by atoms with Crippen molar-refractivity contribution in [3.63, 3.8) is 0 Å². The lowest BCUT2D eigenvalue weighted by molar-refractivity contribution is 0.282. The second-order valence-corrected chi connectivity index (χ2v) is 23.0. The Kier molecular flexibility index (Phi) is 16.3. The van der Waals surface area contributed by atoms with Gasteiger partial charge in [-0.25, -0.2) is 25.2 Å². The molecule has 3 aromatic carbocycles. The maximum Gasteiger partial charge on any atom is 0.397 e. The van der Waals surface area contributed by atoms with Gasteiger partial charge in [0.2, 0.25) is 23.7 Å². The van der Waals surface area contributed by atoms with E-state index in [4.69, 9.17) is 9.11 Å². The smallest absolute Gasteiger partial charge is 0.397 e. The molecular weight excluding hydrogens is 1050 g/mol. The van der Waals surface area contributed by atoms with E-state index in [2.05, 4.69) is 49.5 Å². The average molecular weight is 1080 g/mol. The molecule has 35 heteroatoms. The first-order valence-electron chi connectivity index (χ1n) is 18.7. The Bertz CT molecular complexity index is 3430. The maximum absolute atomic E-state index is 12.9. The molecule has 0 aliphatic heterocycles. The summed E-state index contributed by atoms with van der Waals surface area (Å²) in [4.78, 5) is 24.3. The van der Waals surface area contributed by atoms with Crippen molar-refractivity contribution in [3.05, 3.63) is 88.2 Å². The minimum Gasteiger partial charge on any atom is -0.493 e. The fraction of sp³-hybridized carbons (Fsp3) is 0.235. The molecule has 2 aromatic heterocycles. The zero-order chi connectivity index (χ0) is 51.3. The third-order valence-electron chi connectivity index (χ3n) is 8.92. The van der Waals surface area contributed by atoms with Crippen LogP contribution in [0, 0.1) is 6.92 Å². The van der Waals surface area contributed by atoms with Crippen LogP contribution >= 0.6 is 0 Å². The molecule has 374 valence electrons. The largest absolute Gasteiger partial charge is 0.493 e. The average Bonchev–Trinajstić information content (AvgIpc) is 3.21. The lowest BCUT2D eigenvalue weighted by Gasteiger charge is -2.14. The van der Waals surface area contributed by atoms with Crippen LogP contribution in [0.4, 0.5) is 46.3 Å². The van der Waals surface area contributed by atoms with Crippen molar-refractivity contribution >= 4 is 107 Å². The van der Waals surface area contributed by atoms with E-state index in [1.54, 1.807) is 0 Å². The van der Waals surface area contributed by atoms with E-state index < -0.39 is 124 Å². The number of aromatic hydroxyl groups is 1. The molecule has 69 heavy (non-hydrogen) atoms. The molecule has 0 amide bonds. The fourth-order valence-corrected chi connectivity index (χ4v) is 10.1. The van der Waals surface area contributed by atoms with Crippen LogP contribution < -0.4 is 21.5 Å². The van der Waals surface area contributed by atoms with Crippen molar-refractivity contribution in [3.8, 4) is 5.88 Å². The van der Waals surface area contributed by atoms with Crippen LogP contribution in [0.15, 0.2) is 96.4 Å². The third-order valence-corrected chi connectivity index (χ3v) is 14.8. The number of hydrogen-bond donors (Lipinski definition) is 8. The molecule has 0 bridgehead atoms. The van der Waals surface area contributed by atoms with Gasteiger partial charge in [-0.05, 0) is 86.1 Å². The van der Waals surface area contributed by atoms with Crippen molar-refractivity contribution in [1.29, 1.82) is 0 Å². The summed E-state index contributed by atoms with van der Waals surface area (Å²) in [5.41, 5.74) is -2.57. The van der Waals surface area contributed by atoms with Crippen LogP contribution in [0.25, 0.3) is 0 Å². The van der Waals surface area contributed by atoms with Gasteiger partial charge in [0.05, 0.1) is 34.5 Å². The molecule has 0 spiro atoms. The van der Waals surface area contributed by atoms with Crippen LogP contribution in [0.3, 0.4) is 0 Å². The number of azo groups is 1. The van der Waals surface area contributed by atoms with Crippen LogP contribution in [-0.2, 0) is 81.4 Å². The first kappa shape index (κ1) is 53.8. The highest BCUT2D eigenvalue weighted by Crippen LogP contribution is 2.36. The van der Waals surface area contributed by atoms with Gasteiger partial charge in [-0.1, -0.05) is 0 Å². The highest BCUT2D eigenvalue weighted by atomic mass is 32.3. The minimum atomic E-state index is -5.06. The Labute approximate surface area is 392 Å². The standard InChI is InChI=1S/C34H37N9O20S6/c1-3-43-30(44)26(19-66(50,51)52)20(2)29(31(43)45)42-41-27-18-23(8-13-28(27)67(53,54)55)37-34-39-32(35-21-4-9-24(10-5-21)64(46,47)16-14-62-68(56,57)58)38-33(40-34)36-22-6-11-25(12-7-22)65(48,49)17-15-63-69(59,60)61/h4-13,18,45H,3,14-17,19H2,1-2H3,(H,50,51,52)(H,53,54,55)(H,56,57,58)(H,59,60,61)(H3,35,36,37,38,39,40)/b42-41+. The van der Waals surface area contributed by atoms with Crippen molar-refractivity contribution in [2.24, 2.45) is 10.2 Å². The molecule has 29 nitrogen and oxygen atoms in total. The number of rotatable bonds is 22. The van der Waals surface area contributed by atoms with Crippen LogP contribution in [-0.4, -0.2) is 118 Å². The zero-order valence-electron chi connectivity index (χ0n) is 35.1. The summed E-state index contributed by atoms with van der Waals surface area (Å²) in [6.07, 6.45) is 0. The number of anilines is 6. The molecule has 0 unspecified atom stereocenters. The summed E-state index contributed by atoms with van der Waals surface area (Å²) in [6, 6.07) is 12.6. The molecule has 0 saturated heterocycles. The highest BCUT2D eigenvalue weighted by molar-refractivity contribution is 7.91. The van der Waals surface area contributed by atoms with Gasteiger partial charge in [0, 0.05) is 29.2 Å². The first-order valence-corrected chi connectivity index (χ1v) is 27.8. The lowest BCUT2D eigenvalue weighted by atomic mass is 10.1. The molecular formula is C34H37N9O20S6. The van der Waals surface area contributed by atoms with Crippen LogP contribution in [0.2, 0.25) is 0 Å². The number of aromatic nitrogens is 4. The number of pyridine rings is 1. The summed E-state index contributed by atoms with van der Waals surface area (Å²) in [6.45, 7) is 0.624. The SMILES string of the molecule is CCn1c(O)c(/N=N/c2cc(Nc3nc(Nc4ccc(S(=O)(=O)CCOS(=O)(=O)O)cc4)nc(Nc4ccc(S(=O)(=O)CCOS(=O)(=O)O)cc4)n3)ccc2S(=O)(=O)O)c(C)c(CS(=O)(=O)O)c1=O. The van der Waals surface area contributed by atoms with Gasteiger partial charge >= 0.3 is 20.8 Å². The van der Waals surface area contributed by atoms with E-state index in [1.807, 2.05) is 0 Å². The monoisotopic (exact) mass is 1080 g/mol. The van der Waals surface area contributed by atoms with Crippen molar-refractivity contribution in [1.82, 2.24) is 19.5 Å². The van der Waals surface area contributed by atoms with Gasteiger partial charge in [-0.2, -0.15) is 48.6 Å². The van der Waals surface area contributed by atoms with Crippen LogP contribution in [0.5, 0.6) is 5.88 Å². The van der Waals surface area contributed by atoms with E-state index in [0.29, 0.717) is 4.57 Å². The lowest BCUT2D eigenvalue weighted by Crippen LogP contribution is -2.26. The minimum absolute atomic E-state index is 0.0638. The summed E-state index contributed by atoms with van der Waals surface area (Å²) >= 11 is 0. The zero-order valence-corrected chi connectivity index (χ0v) is 40.0. The van der Waals surface area contributed by atoms with Gasteiger partial charge in [-0.15, -0.1) is 10.2 Å². The van der Waals surface area contributed by atoms with Gasteiger partial charge in [0.25, 0.3) is 25.8 Å². The summed E-state index contributed by atoms with van der Waals surface area (Å²) in [5, 5.41) is 27.0. The van der Waals surface area contributed by atoms with Crippen molar-refractivity contribution in [2.45, 2.75) is 40.8 Å². The van der Waals surface area contributed by atoms with Gasteiger partial charge in [-0.3, -0.25) is 27.6 Å². The van der Waals surface area contributed by atoms with Gasteiger partial charge < -0.3 is 21.1 Å². The Morgan fingerprint density at radius 2 is 1.04 bits per heavy atom. The van der Waals surface area contributed by atoms with E-state index in [9.17, 15) is 69.5 Å². The van der Waals surface area contributed by atoms with Crippen molar-refractivity contribution in [2.75, 3.05) is 40.7 Å². The highest BCUT2D eigenvalue weighted by Gasteiger charge is 2.24. The fourth-order valence-electron chi connectivity index (χ4n) is 5.77. The van der Waals surface area contributed by atoms with E-state index in [0.717, 1.165) is 42.5 Å². The van der Waals surface area contributed by atoms with E-state index in [-0.39, 0.29) is 56.8 Å². The summed E-state index contributed by atoms with van der Waals surface area (Å²) < 4.78 is 188. The molecule has 0 aliphatic rings. The Balaban J connectivity index is 1.53. The first-order chi connectivity index (χ1) is 31.8. The Morgan fingerprint density at radius 1 is 0.623 bits per heavy atom. The molecule has 0 fully saturated rings. The number of nitrogens with zero attached hydrogens (tertiary/aromatic N) is 6. The second kappa shape index (κ2) is 20.9. The Hall–Kier alpha value is -6.12. The molecule has 5 aromatic rings. The topological polar surface area (TPSA) is 446 Å². The maximum atomic E-state index is 12.9. The Morgan fingerprint density at radius 3 is 1.43 bits per heavy atom. The molecule has 0 aliphatic carbocycles. The van der Waals surface area contributed by atoms with Crippen molar-refractivity contribution < 1.29 is 82.2 Å². The second-order valence-electron chi connectivity index (χ2n) is 13.8. The number of nitrogens with one attached hydrogen (secondary N) is 3.